The number of hydrogen-bond acceptors (Lipinski definition) is 3. The number of hydrogen-bond donors (Lipinski definition) is 2. The molecular weight excluding hydrogens is 327 g/mol. The van der Waals surface area contributed by atoms with E-state index in [1.807, 2.05) is 0 Å². The van der Waals surface area contributed by atoms with Gasteiger partial charge in [-0.3, -0.25) is 4.79 Å². The smallest absolute Gasteiger partial charge is 0.396 e. The molecule has 0 fully saturated rings. The number of carboxylic acids is 1. The van der Waals surface area contributed by atoms with Gasteiger partial charge >= 0.3 is 12.1 Å². The highest BCUT2D eigenvalue weighted by molar-refractivity contribution is 5.84. The van der Waals surface area contributed by atoms with Crippen molar-refractivity contribution in [1.82, 2.24) is 5.32 Å². The Bertz CT molecular complexity index is 710. The second kappa shape index (κ2) is 7.20. The summed E-state index contributed by atoms with van der Waals surface area (Å²) in [4.78, 5) is 22.5. The fourth-order valence-corrected chi connectivity index (χ4v) is 2.14. The number of halogens is 3. The van der Waals surface area contributed by atoms with Crippen LogP contribution in [0.5, 0.6) is 0 Å². The second-order valence-corrected chi connectivity index (χ2v) is 5.06. The van der Waals surface area contributed by atoms with Gasteiger partial charge in [0, 0.05) is 6.42 Å². The molecule has 2 rings (SSSR count). The fraction of sp³-hybridized carbons (Fsp3) is 0.250. The SMILES string of the molecule is O=C(CC(c1ccccc1)C(F)(F)F)NCc1ccc(C(=O)O)o1. The number of rotatable bonds is 6. The summed E-state index contributed by atoms with van der Waals surface area (Å²) in [7, 11) is 0. The predicted molar refractivity (Wildman–Crippen MR) is 77.4 cm³/mol. The van der Waals surface area contributed by atoms with Gasteiger partial charge in [0.05, 0.1) is 12.5 Å². The average Bonchev–Trinajstić information content (AvgIpc) is 2.99. The van der Waals surface area contributed by atoms with E-state index < -0.39 is 30.4 Å². The van der Waals surface area contributed by atoms with Gasteiger partial charge in [0.25, 0.3) is 0 Å². The van der Waals surface area contributed by atoms with E-state index in [2.05, 4.69) is 5.32 Å². The summed E-state index contributed by atoms with van der Waals surface area (Å²) in [5.41, 5.74) is 0.00584. The Morgan fingerprint density at radius 3 is 2.33 bits per heavy atom. The molecule has 0 aliphatic heterocycles. The molecule has 2 aromatic rings. The fourth-order valence-electron chi connectivity index (χ4n) is 2.14. The average molecular weight is 341 g/mol. The highest BCUT2D eigenvalue weighted by atomic mass is 19.4. The Hall–Kier alpha value is -2.77. The molecule has 0 aliphatic carbocycles. The molecule has 2 N–H and O–H groups in total. The van der Waals surface area contributed by atoms with Crippen LogP contribution in [-0.2, 0) is 11.3 Å². The zero-order valence-corrected chi connectivity index (χ0v) is 12.3. The highest BCUT2D eigenvalue weighted by Gasteiger charge is 2.41. The summed E-state index contributed by atoms with van der Waals surface area (Å²) in [5.74, 6) is -4.16. The Labute approximate surface area is 135 Å². The van der Waals surface area contributed by atoms with E-state index in [9.17, 15) is 22.8 Å². The lowest BCUT2D eigenvalue weighted by molar-refractivity contribution is -0.157. The summed E-state index contributed by atoms with van der Waals surface area (Å²) in [6, 6.07) is 9.71. The van der Waals surface area contributed by atoms with E-state index in [1.165, 1.54) is 36.4 Å². The molecule has 1 atom stereocenters. The van der Waals surface area contributed by atoms with Crippen LogP contribution in [0.2, 0.25) is 0 Å². The van der Waals surface area contributed by atoms with E-state index in [4.69, 9.17) is 9.52 Å². The molecule has 0 radical (unpaired) electrons. The first-order valence-electron chi connectivity index (χ1n) is 6.97. The van der Waals surface area contributed by atoms with Crippen molar-refractivity contribution in [2.45, 2.75) is 25.1 Å². The summed E-state index contributed by atoms with van der Waals surface area (Å²) < 4.78 is 44.4. The predicted octanol–water partition coefficient (Wildman–Crippen LogP) is 3.33. The van der Waals surface area contributed by atoms with Crippen LogP contribution < -0.4 is 5.32 Å². The molecule has 0 saturated carbocycles. The first kappa shape index (κ1) is 17.6. The van der Waals surface area contributed by atoms with Gasteiger partial charge < -0.3 is 14.8 Å². The minimum absolute atomic E-state index is 0.00584. The van der Waals surface area contributed by atoms with Gasteiger partial charge in [-0.2, -0.15) is 13.2 Å². The van der Waals surface area contributed by atoms with Crippen LogP contribution in [0.3, 0.4) is 0 Å². The third-order valence-electron chi connectivity index (χ3n) is 3.32. The zero-order valence-electron chi connectivity index (χ0n) is 12.3. The molecule has 24 heavy (non-hydrogen) atoms. The van der Waals surface area contributed by atoms with Crippen molar-refractivity contribution in [3.63, 3.8) is 0 Å². The number of aromatic carboxylic acids is 1. The summed E-state index contributed by atoms with van der Waals surface area (Å²) in [5, 5.41) is 11.0. The maximum absolute atomic E-state index is 13.2. The largest absolute Gasteiger partial charge is 0.475 e. The number of amides is 1. The van der Waals surface area contributed by atoms with Crippen molar-refractivity contribution in [3.8, 4) is 0 Å². The molecule has 5 nitrogen and oxygen atoms in total. The van der Waals surface area contributed by atoms with Crippen LogP contribution >= 0.6 is 0 Å². The molecule has 0 spiro atoms. The Morgan fingerprint density at radius 1 is 1.12 bits per heavy atom. The van der Waals surface area contributed by atoms with Crippen LogP contribution in [0.4, 0.5) is 13.2 Å². The standard InChI is InChI=1S/C16H14F3NO4/c17-16(18,19)12(10-4-2-1-3-5-10)8-14(21)20-9-11-6-7-13(24-11)15(22)23/h1-7,12H,8-9H2,(H,20,21)(H,22,23). The maximum Gasteiger partial charge on any atom is 0.396 e. The summed E-state index contributed by atoms with van der Waals surface area (Å²) in [6.45, 7) is -0.189. The summed E-state index contributed by atoms with van der Waals surface area (Å²) in [6.07, 6.45) is -5.32. The molecular formula is C16H14F3NO4. The molecule has 0 aliphatic rings. The van der Waals surface area contributed by atoms with Crippen LogP contribution in [0.1, 0.15) is 34.2 Å². The Kier molecular flexibility index (Phi) is 5.28. The van der Waals surface area contributed by atoms with Crippen molar-refractivity contribution in [2.24, 2.45) is 0 Å². The van der Waals surface area contributed by atoms with Gasteiger partial charge in [0.1, 0.15) is 5.76 Å². The van der Waals surface area contributed by atoms with Gasteiger partial charge in [-0.1, -0.05) is 30.3 Å². The van der Waals surface area contributed by atoms with Gasteiger partial charge in [-0.05, 0) is 17.7 Å². The molecule has 1 aromatic carbocycles. The quantitative estimate of drug-likeness (QED) is 0.845. The van der Waals surface area contributed by atoms with E-state index in [0.717, 1.165) is 0 Å². The number of benzene rings is 1. The Morgan fingerprint density at radius 2 is 1.79 bits per heavy atom. The monoisotopic (exact) mass is 341 g/mol. The first-order chi connectivity index (χ1) is 11.3. The molecule has 1 aromatic heterocycles. The third kappa shape index (κ3) is 4.61. The van der Waals surface area contributed by atoms with E-state index in [1.54, 1.807) is 6.07 Å². The molecule has 1 amide bonds. The van der Waals surface area contributed by atoms with Gasteiger partial charge in [0.15, 0.2) is 0 Å². The lowest BCUT2D eigenvalue weighted by Gasteiger charge is -2.20. The van der Waals surface area contributed by atoms with E-state index >= 15 is 0 Å². The van der Waals surface area contributed by atoms with Gasteiger partial charge in [-0.25, -0.2) is 4.79 Å². The number of carboxylic acid groups (broad SMARTS) is 1. The molecule has 1 heterocycles. The van der Waals surface area contributed by atoms with Crippen molar-refractivity contribution >= 4 is 11.9 Å². The number of furan rings is 1. The van der Waals surface area contributed by atoms with Crippen LogP contribution in [0, 0.1) is 0 Å². The van der Waals surface area contributed by atoms with Gasteiger partial charge in [0.2, 0.25) is 11.7 Å². The molecule has 0 bridgehead atoms. The normalized spacial score (nSPS) is 12.6. The minimum Gasteiger partial charge on any atom is -0.475 e. The minimum atomic E-state index is -4.56. The lowest BCUT2D eigenvalue weighted by atomic mass is 9.95. The van der Waals surface area contributed by atoms with Crippen molar-refractivity contribution in [1.29, 1.82) is 0 Å². The topological polar surface area (TPSA) is 79.5 Å². The van der Waals surface area contributed by atoms with Crippen molar-refractivity contribution in [2.75, 3.05) is 0 Å². The number of carbonyl (C=O) groups excluding carboxylic acids is 1. The molecule has 0 saturated heterocycles. The highest BCUT2D eigenvalue weighted by Crippen LogP contribution is 2.37. The van der Waals surface area contributed by atoms with E-state index in [-0.39, 0.29) is 23.6 Å². The molecule has 1 unspecified atom stereocenters. The number of alkyl halides is 3. The molecule has 128 valence electrons. The van der Waals surface area contributed by atoms with Crippen molar-refractivity contribution in [3.05, 3.63) is 59.5 Å². The van der Waals surface area contributed by atoms with Crippen LogP contribution in [-0.4, -0.2) is 23.2 Å². The number of carbonyl (C=O) groups is 2. The second-order valence-electron chi connectivity index (χ2n) is 5.06. The molecule has 8 heteroatoms. The number of nitrogens with one attached hydrogen (secondary N) is 1. The van der Waals surface area contributed by atoms with Crippen molar-refractivity contribution < 1.29 is 32.3 Å². The third-order valence-corrected chi connectivity index (χ3v) is 3.32. The van der Waals surface area contributed by atoms with Crippen LogP contribution in [0.15, 0.2) is 46.9 Å². The Balaban J connectivity index is 1.99. The maximum atomic E-state index is 13.2. The van der Waals surface area contributed by atoms with E-state index in [0.29, 0.717) is 0 Å². The lowest BCUT2D eigenvalue weighted by Crippen LogP contribution is -2.30. The zero-order chi connectivity index (χ0) is 17.7. The van der Waals surface area contributed by atoms with Crippen LogP contribution in [0.25, 0.3) is 0 Å². The first-order valence-corrected chi connectivity index (χ1v) is 6.97. The van der Waals surface area contributed by atoms with Gasteiger partial charge in [-0.15, -0.1) is 0 Å². The summed E-state index contributed by atoms with van der Waals surface area (Å²) >= 11 is 0.